The lowest BCUT2D eigenvalue weighted by Crippen LogP contribution is -1.97. The van der Waals surface area contributed by atoms with Crippen LogP contribution in [0.1, 0.15) is 11.1 Å². The van der Waals surface area contributed by atoms with Crippen LogP contribution in [-0.4, -0.2) is 9.13 Å². The number of para-hydroxylation sites is 4. The van der Waals surface area contributed by atoms with Gasteiger partial charge in [0.15, 0.2) is 0 Å². The highest BCUT2D eigenvalue weighted by Gasteiger charge is 2.24. The maximum Gasteiger partial charge on any atom is 0.101 e. The van der Waals surface area contributed by atoms with Gasteiger partial charge in [0.2, 0.25) is 0 Å². The average molecular weight is 535 g/mol. The third-order valence-corrected chi connectivity index (χ3v) is 8.17. The summed E-state index contributed by atoms with van der Waals surface area (Å²) >= 11 is 0. The van der Waals surface area contributed by atoms with Crippen LogP contribution in [0.25, 0.3) is 66.1 Å². The molecule has 2 heterocycles. The number of aromatic nitrogens is 2. The Morgan fingerprint density at radius 2 is 1.00 bits per heavy atom. The molecule has 0 saturated heterocycles. The lowest BCUT2D eigenvalue weighted by molar-refractivity contribution is 1.17. The van der Waals surface area contributed by atoms with Crippen molar-refractivity contribution in [3.63, 3.8) is 0 Å². The molecule has 8 aromatic rings. The number of rotatable bonds is 3. The minimum atomic E-state index is 0.373. The quantitative estimate of drug-likeness (QED) is 0.227. The fourth-order valence-electron chi connectivity index (χ4n) is 6.42. The molecular weight excluding hydrogens is 512 g/mol. The minimum Gasteiger partial charge on any atom is -0.309 e. The van der Waals surface area contributed by atoms with Crippen LogP contribution in [0.15, 0.2) is 133 Å². The van der Waals surface area contributed by atoms with Crippen molar-refractivity contribution in [3.05, 3.63) is 145 Å². The first kappa shape index (κ1) is 23.8. The van der Waals surface area contributed by atoms with Crippen molar-refractivity contribution in [2.24, 2.45) is 0 Å². The topological polar surface area (TPSA) is 57.4 Å². The minimum absolute atomic E-state index is 0.373. The van der Waals surface area contributed by atoms with Gasteiger partial charge in [0.25, 0.3) is 0 Å². The molecule has 6 aromatic carbocycles. The zero-order valence-electron chi connectivity index (χ0n) is 22.5. The summed E-state index contributed by atoms with van der Waals surface area (Å²) in [4.78, 5) is 0. The van der Waals surface area contributed by atoms with Crippen molar-refractivity contribution in [2.75, 3.05) is 0 Å². The normalized spacial score (nSPS) is 11.3. The van der Waals surface area contributed by atoms with E-state index in [4.69, 9.17) is 0 Å². The zero-order chi connectivity index (χ0) is 28.2. The SMILES string of the molecule is N#Cc1ccc(-c2cc3c4ccccc4n(-c4ccccc4)c3c3c4ccccc4n(-c4ccccc4)c23)cc1C#N. The molecule has 0 bridgehead atoms. The molecular formula is C38H22N4. The Balaban J connectivity index is 1.68. The molecule has 0 atom stereocenters. The van der Waals surface area contributed by atoms with E-state index in [1.807, 2.05) is 24.3 Å². The first-order chi connectivity index (χ1) is 20.8. The van der Waals surface area contributed by atoms with Gasteiger partial charge in [-0.15, -0.1) is 0 Å². The van der Waals surface area contributed by atoms with Gasteiger partial charge in [0.05, 0.1) is 33.2 Å². The molecule has 4 nitrogen and oxygen atoms in total. The fourth-order valence-corrected chi connectivity index (χ4v) is 6.42. The lowest BCUT2D eigenvalue weighted by atomic mass is 9.95. The van der Waals surface area contributed by atoms with E-state index >= 15 is 0 Å². The zero-order valence-corrected chi connectivity index (χ0v) is 22.5. The molecule has 0 amide bonds. The molecule has 8 rings (SSSR count). The van der Waals surface area contributed by atoms with Crippen molar-refractivity contribution in [3.8, 4) is 34.6 Å². The predicted molar refractivity (Wildman–Crippen MR) is 170 cm³/mol. The third-order valence-electron chi connectivity index (χ3n) is 8.17. The van der Waals surface area contributed by atoms with Gasteiger partial charge in [-0.25, -0.2) is 0 Å². The summed E-state index contributed by atoms with van der Waals surface area (Å²) in [5.74, 6) is 0. The number of hydrogen-bond acceptors (Lipinski definition) is 2. The van der Waals surface area contributed by atoms with Gasteiger partial charge in [0, 0.05) is 38.5 Å². The first-order valence-electron chi connectivity index (χ1n) is 13.8. The van der Waals surface area contributed by atoms with Crippen LogP contribution in [0.5, 0.6) is 0 Å². The number of nitrogens with zero attached hydrogens (tertiary/aromatic N) is 4. The molecule has 0 fully saturated rings. The lowest BCUT2D eigenvalue weighted by Gasteiger charge is -2.14. The average Bonchev–Trinajstić information content (AvgIpc) is 3.58. The summed E-state index contributed by atoms with van der Waals surface area (Å²) in [5, 5.41) is 24.1. The van der Waals surface area contributed by atoms with E-state index in [1.165, 1.54) is 0 Å². The van der Waals surface area contributed by atoms with Crippen LogP contribution in [0, 0.1) is 22.7 Å². The van der Waals surface area contributed by atoms with Gasteiger partial charge in [-0.1, -0.05) is 78.9 Å². The summed E-state index contributed by atoms with van der Waals surface area (Å²) in [6, 6.07) is 50.3. The maximum atomic E-state index is 9.91. The van der Waals surface area contributed by atoms with Crippen molar-refractivity contribution >= 4 is 43.6 Å². The second-order valence-electron chi connectivity index (χ2n) is 10.4. The monoisotopic (exact) mass is 534 g/mol. The molecule has 0 saturated carbocycles. The number of hydrogen-bond donors (Lipinski definition) is 0. The van der Waals surface area contributed by atoms with Crippen LogP contribution in [0.4, 0.5) is 0 Å². The first-order valence-corrected chi connectivity index (χ1v) is 13.8. The fraction of sp³-hybridized carbons (Fsp3) is 0. The summed E-state index contributed by atoms with van der Waals surface area (Å²) in [6.45, 7) is 0. The Morgan fingerprint density at radius 1 is 0.452 bits per heavy atom. The standard InChI is InChI=1S/C38H22N4/c39-23-26-20-19-25(21-27(26)24-40)32-22-33-30-15-7-9-17-34(30)41(28-11-3-1-4-12-28)38(33)36-31-16-8-10-18-35(31)42(37(32)36)29-13-5-2-6-14-29/h1-22H. The molecule has 0 N–H and O–H groups in total. The predicted octanol–water partition coefficient (Wildman–Crippen LogP) is 9.29. The van der Waals surface area contributed by atoms with Gasteiger partial charge >= 0.3 is 0 Å². The van der Waals surface area contributed by atoms with Gasteiger partial charge in [-0.3, -0.25) is 0 Å². The largest absolute Gasteiger partial charge is 0.309 e. The molecule has 2 aromatic heterocycles. The van der Waals surface area contributed by atoms with E-state index in [0.717, 1.165) is 66.1 Å². The highest BCUT2D eigenvalue weighted by Crippen LogP contribution is 2.46. The smallest absolute Gasteiger partial charge is 0.101 e. The van der Waals surface area contributed by atoms with E-state index in [1.54, 1.807) is 6.07 Å². The van der Waals surface area contributed by atoms with Crippen molar-refractivity contribution < 1.29 is 0 Å². The third kappa shape index (κ3) is 3.33. The molecule has 0 aliphatic heterocycles. The van der Waals surface area contributed by atoms with Gasteiger partial charge in [-0.05, 0) is 60.2 Å². The second kappa shape index (κ2) is 9.24. The highest BCUT2D eigenvalue weighted by molar-refractivity contribution is 6.29. The van der Waals surface area contributed by atoms with Crippen LogP contribution >= 0.6 is 0 Å². The summed E-state index contributed by atoms with van der Waals surface area (Å²) in [6.07, 6.45) is 0. The van der Waals surface area contributed by atoms with Gasteiger partial charge < -0.3 is 9.13 Å². The molecule has 0 aliphatic rings. The molecule has 4 heteroatoms. The number of nitriles is 2. The Bertz CT molecular complexity index is 2410. The van der Waals surface area contributed by atoms with E-state index in [2.05, 4.69) is 124 Å². The van der Waals surface area contributed by atoms with E-state index in [9.17, 15) is 10.5 Å². The molecule has 42 heavy (non-hydrogen) atoms. The van der Waals surface area contributed by atoms with Crippen LogP contribution < -0.4 is 0 Å². The molecule has 0 unspecified atom stereocenters. The van der Waals surface area contributed by atoms with Crippen LogP contribution in [-0.2, 0) is 0 Å². The van der Waals surface area contributed by atoms with E-state index < -0.39 is 0 Å². The molecule has 0 aliphatic carbocycles. The molecule has 194 valence electrons. The highest BCUT2D eigenvalue weighted by atomic mass is 15.0. The van der Waals surface area contributed by atoms with Crippen molar-refractivity contribution in [1.82, 2.24) is 9.13 Å². The van der Waals surface area contributed by atoms with E-state index in [-0.39, 0.29) is 0 Å². The summed E-state index contributed by atoms with van der Waals surface area (Å²) in [5.41, 5.74) is 9.24. The Kier molecular flexibility index (Phi) is 5.22. The number of benzene rings is 6. The van der Waals surface area contributed by atoms with Crippen molar-refractivity contribution in [2.45, 2.75) is 0 Å². The Morgan fingerprint density at radius 3 is 1.64 bits per heavy atom. The van der Waals surface area contributed by atoms with Crippen LogP contribution in [0.3, 0.4) is 0 Å². The van der Waals surface area contributed by atoms with E-state index in [0.29, 0.717) is 11.1 Å². The van der Waals surface area contributed by atoms with Crippen molar-refractivity contribution in [1.29, 1.82) is 10.5 Å². The Labute approximate surface area is 242 Å². The molecule has 0 spiro atoms. The van der Waals surface area contributed by atoms with Crippen LogP contribution in [0.2, 0.25) is 0 Å². The second-order valence-corrected chi connectivity index (χ2v) is 10.4. The summed E-state index contributed by atoms with van der Waals surface area (Å²) < 4.78 is 4.70. The maximum absolute atomic E-state index is 9.91. The summed E-state index contributed by atoms with van der Waals surface area (Å²) in [7, 11) is 0. The Hall–Kier alpha value is -6.10. The van der Waals surface area contributed by atoms with Gasteiger partial charge in [-0.2, -0.15) is 10.5 Å². The van der Waals surface area contributed by atoms with Gasteiger partial charge in [0.1, 0.15) is 12.1 Å². The molecule has 0 radical (unpaired) electrons. The number of fused-ring (bicyclic) bond motifs is 7.